The third-order valence-corrected chi connectivity index (χ3v) is 5.39. The largest absolute Gasteiger partial charge is 0.489 e. The Balaban J connectivity index is 1.27. The van der Waals surface area contributed by atoms with E-state index in [1.807, 2.05) is 35.2 Å². The van der Waals surface area contributed by atoms with Crippen LogP contribution < -0.4 is 4.74 Å². The molecule has 1 atom stereocenters. The van der Waals surface area contributed by atoms with E-state index in [9.17, 15) is 4.79 Å². The zero-order chi connectivity index (χ0) is 18.6. The van der Waals surface area contributed by atoms with E-state index < -0.39 is 0 Å². The molecule has 0 saturated carbocycles. The Morgan fingerprint density at radius 3 is 2.70 bits per heavy atom. The van der Waals surface area contributed by atoms with Gasteiger partial charge in [-0.05, 0) is 48.7 Å². The Morgan fingerprint density at radius 1 is 1.07 bits per heavy atom. The zero-order valence-electron chi connectivity index (χ0n) is 15.3. The van der Waals surface area contributed by atoms with Crippen molar-refractivity contribution in [3.63, 3.8) is 0 Å². The van der Waals surface area contributed by atoms with Crippen molar-refractivity contribution in [2.24, 2.45) is 0 Å². The first-order chi connectivity index (χ1) is 13.2. The van der Waals surface area contributed by atoms with Crippen molar-refractivity contribution in [2.75, 3.05) is 32.7 Å². The Morgan fingerprint density at radius 2 is 1.89 bits per heavy atom. The molecule has 4 rings (SSSR count). The van der Waals surface area contributed by atoms with Crippen LogP contribution in [0.5, 0.6) is 5.75 Å². The first-order valence-electron chi connectivity index (χ1n) is 9.49. The summed E-state index contributed by atoms with van der Waals surface area (Å²) in [6.45, 7) is 4.30. The summed E-state index contributed by atoms with van der Waals surface area (Å²) in [6, 6.07) is 17.3. The second-order valence-electron chi connectivity index (χ2n) is 7.16. The van der Waals surface area contributed by atoms with Crippen LogP contribution in [0.2, 0.25) is 0 Å². The highest BCUT2D eigenvalue weighted by molar-refractivity contribution is 5.96. The van der Waals surface area contributed by atoms with Crippen molar-refractivity contribution in [2.45, 2.75) is 18.9 Å². The molecular formula is C22H23N3O2. The maximum Gasteiger partial charge on any atom is 0.254 e. The van der Waals surface area contributed by atoms with Crippen LogP contribution in [0.3, 0.4) is 0 Å². The van der Waals surface area contributed by atoms with E-state index in [-0.39, 0.29) is 12.0 Å². The van der Waals surface area contributed by atoms with Crippen LogP contribution in [-0.2, 0) is 6.42 Å². The van der Waals surface area contributed by atoms with E-state index in [2.05, 4.69) is 17.0 Å². The van der Waals surface area contributed by atoms with Crippen LogP contribution in [0.1, 0.15) is 27.9 Å². The number of hydrogen-bond acceptors (Lipinski definition) is 4. The summed E-state index contributed by atoms with van der Waals surface area (Å²) in [7, 11) is 0. The zero-order valence-corrected chi connectivity index (χ0v) is 15.3. The second-order valence-corrected chi connectivity index (χ2v) is 7.16. The lowest BCUT2D eigenvalue weighted by Gasteiger charge is -2.30. The highest BCUT2D eigenvalue weighted by Gasteiger charge is 2.27. The molecule has 2 aromatic carbocycles. The van der Waals surface area contributed by atoms with Gasteiger partial charge in [-0.2, -0.15) is 5.26 Å². The quantitative estimate of drug-likeness (QED) is 0.822. The standard InChI is InChI=1S/C22H23N3O2/c23-15-17-5-7-19(8-6-17)27-20-10-11-24(16-20)13-14-25-12-9-18-3-1-2-4-21(18)22(25)26/h1-8,20H,9-14,16H2/t20-/m1/s1. The second kappa shape index (κ2) is 7.81. The predicted molar refractivity (Wildman–Crippen MR) is 103 cm³/mol. The number of rotatable bonds is 5. The van der Waals surface area contributed by atoms with Crippen molar-refractivity contribution in [1.82, 2.24) is 9.80 Å². The number of nitriles is 1. The topological polar surface area (TPSA) is 56.6 Å². The fourth-order valence-corrected chi connectivity index (χ4v) is 3.85. The van der Waals surface area contributed by atoms with E-state index >= 15 is 0 Å². The minimum Gasteiger partial charge on any atom is -0.489 e. The van der Waals surface area contributed by atoms with Gasteiger partial charge in [0.2, 0.25) is 0 Å². The first kappa shape index (κ1) is 17.6. The van der Waals surface area contributed by atoms with Gasteiger partial charge in [0.25, 0.3) is 5.91 Å². The number of fused-ring (bicyclic) bond motifs is 1. The number of carbonyl (C=O) groups is 1. The Labute approximate surface area is 159 Å². The smallest absolute Gasteiger partial charge is 0.254 e. The number of nitrogens with zero attached hydrogens (tertiary/aromatic N) is 3. The van der Waals surface area contributed by atoms with Crippen molar-refractivity contribution >= 4 is 5.91 Å². The number of amides is 1. The van der Waals surface area contributed by atoms with Gasteiger partial charge in [-0.15, -0.1) is 0 Å². The molecule has 138 valence electrons. The fraction of sp³-hybridized carbons (Fsp3) is 0.364. The molecule has 1 saturated heterocycles. The average Bonchev–Trinajstić information content (AvgIpc) is 3.15. The highest BCUT2D eigenvalue weighted by atomic mass is 16.5. The highest BCUT2D eigenvalue weighted by Crippen LogP contribution is 2.21. The van der Waals surface area contributed by atoms with Crippen LogP contribution in [0.15, 0.2) is 48.5 Å². The molecule has 5 nitrogen and oxygen atoms in total. The van der Waals surface area contributed by atoms with Crippen LogP contribution in [0.4, 0.5) is 0 Å². The number of carbonyl (C=O) groups excluding carboxylic acids is 1. The van der Waals surface area contributed by atoms with Gasteiger partial charge in [0.1, 0.15) is 11.9 Å². The summed E-state index contributed by atoms with van der Waals surface area (Å²) in [4.78, 5) is 17.0. The SMILES string of the molecule is N#Cc1ccc(O[C@@H]2CCN(CCN3CCc4ccccc4C3=O)C2)cc1. The predicted octanol–water partition coefficient (Wildman–Crippen LogP) is 2.71. The minimum atomic E-state index is 0.154. The summed E-state index contributed by atoms with van der Waals surface area (Å²) in [5.74, 6) is 0.963. The lowest BCUT2D eigenvalue weighted by Crippen LogP contribution is -2.42. The molecule has 5 heteroatoms. The van der Waals surface area contributed by atoms with Gasteiger partial charge in [-0.1, -0.05) is 18.2 Å². The summed E-state index contributed by atoms with van der Waals surface area (Å²) in [5.41, 5.74) is 2.66. The van der Waals surface area contributed by atoms with Gasteiger partial charge in [0.05, 0.1) is 11.6 Å². The van der Waals surface area contributed by atoms with Gasteiger partial charge in [-0.25, -0.2) is 0 Å². The Kier molecular flexibility index (Phi) is 5.08. The van der Waals surface area contributed by atoms with E-state index in [0.717, 1.165) is 62.4 Å². The lowest BCUT2D eigenvalue weighted by molar-refractivity contribution is 0.0722. The number of benzene rings is 2. The average molecular weight is 361 g/mol. The summed E-state index contributed by atoms with van der Waals surface area (Å²) >= 11 is 0. The van der Waals surface area contributed by atoms with Crippen molar-refractivity contribution in [3.05, 3.63) is 65.2 Å². The molecule has 0 unspecified atom stereocenters. The molecule has 0 spiro atoms. The third kappa shape index (κ3) is 3.96. The minimum absolute atomic E-state index is 0.154. The normalized spacial score (nSPS) is 19.6. The molecule has 2 heterocycles. The molecular weight excluding hydrogens is 338 g/mol. The van der Waals surface area contributed by atoms with E-state index in [1.54, 1.807) is 12.1 Å². The number of hydrogen-bond donors (Lipinski definition) is 0. The lowest BCUT2D eigenvalue weighted by atomic mass is 9.99. The first-order valence-corrected chi connectivity index (χ1v) is 9.49. The van der Waals surface area contributed by atoms with Crippen LogP contribution in [-0.4, -0.2) is 54.5 Å². The molecule has 1 amide bonds. The van der Waals surface area contributed by atoms with Gasteiger partial charge in [0, 0.05) is 38.3 Å². The van der Waals surface area contributed by atoms with Gasteiger partial charge >= 0.3 is 0 Å². The third-order valence-electron chi connectivity index (χ3n) is 5.39. The van der Waals surface area contributed by atoms with Crippen LogP contribution in [0, 0.1) is 11.3 Å². The molecule has 0 bridgehead atoms. The number of ether oxygens (including phenoxy) is 1. The molecule has 27 heavy (non-hydrogen) atoms. The molecule has 0 N–H and O–H groups in total. The molecule has 1 fully saturated rings. The van der Waals surface area contributed by atoms with Gasteiger partial charge < -0.3 is 9.64 Å². The molecule has 2 aliphatic rings. The van der Waals surface area contributed by atoms with Crippen molar-refractivity contribution < 1.29 is 9.53 Å². The monoisotopic (exact) mass is 361 g/mol. The number of likely N-dealkylation sites (tertiary alicyclic amines) is 1. The van der Waals surface area contributed by atoms with E-state index in [4.69, 9.17) is 10.00 Å². The van der Waals surface area contributed by atoms with Crippen LogP contribution in [0.25, 0.3) is 0 Å². The van der Waals surface area contributed by atoms with E-state index in [0.29, 0.717) is 5.56 Å². The maximum atomic E-state index is 12.6. The van der Waals surface area contributed by atoms with Crippen LogP contribution >= 0.6 is 0 Å². The van der Waals surface area contributed by atoms with Gasteiger partial charge in [-0.3, -0.25) is 9.69 Å². The molecule has 0 radical (unpaired) electrons. The van der Waals surface area contributed by atoms with Crippen molar-refractivity contribution in [3.8, 4) is 11.8 Å². The Hall–Kier alpha value is -2.84. The maximum absolute atomic E-state index is 12.6. The summed E-state index contributed by atoms with van der Waals surface area (Å²) < 4.78 is 6.03. The van der Waals surface area contributed by atoms with Crippen molar-refractivity contribution in [1.29, 1.82) is 5.26 Å². The van der Waals surface area contributed by atoms with E-state index in [1.165, 1.54) is 0 Å². The Bertz CT molecular complexity index is 857. The molecule has 2 aliphatic heterocycles. The fourth-order valence-electron chi connectivity index (χ4n) is 3.85. The molecule has 0 aromatic heterocycles. The molecule has 0 aliphatic carbocycles. The molecule has 2 aromatic rings. The van der Waals surface area contributed by atoms with Gasteiger partial charge in [0.15, 0.2) is 0 Å². The summed E-state index contributed by atoms with van der Waals surface area (Å²) in [6.07, 6.45) is 2.08. The summed E-state index contributed by atoms with van der Waals surface area (Å²) in [5, 5.41) is 8.86.